The van der Waals surface area contributed by atoms with Crippen molar-refractivity contribution in [1.29, 1.82) is 0 Å². The summed E-state index contributed by atoms with van der Waals surface area (Å²) in [6.07, 6.45) is -0.767. The molecule has 2 heterocycles. The van der Waals surface area contributed by atoms with Crippen molar-refractivity contribution in [2.75, 3.05) is 0 Å². The summed E-state index contributed by atoms with van der Waals surface area (Å²) in [6.45, 7) is 0. The molecule has 5 nitrogen and oxygen atoms in total. The number of benzene rings is 1. The van der Waals surface area contributed by atoms with Crippen molar-refractivity contribution in [3.05, 3.63) is 53.3 Å². The summed E-state index contributed by atoms with van der Waals surface area (Å²) in [7, 11) is 0. The molecule has 130 valence electrons. The molecule has 0 bridgehead atoms. The molecule has 1 N–H and O–H groups in total. The van der Waals surface area contributed by atoms with Gasteiger partial charge in [0.05, 0.1) is 11.9 Å². The van der Waals surface area contributed by atoms with Crippen LogP contribution >= 0.6 is 0 Å². The zero-order chi connectivity index (χ0) is 17.6. The van der Waals surface area contributed by atoms with E-state index in [-0.39, 0.29) is 11.6 Å². The molecule has 25 heavy (non-hydrogen) atoms. The van der Waals surface area contributed by atoms with E-state index in [9.17, 15) is 18.3 Å². The molecule has 1 aliphatic rings. The van der Waals surface area contributed by atoms with Gasteiger partial charge in [0.2, 0.25) is 5.88 Å². The average molecular weight is 349 g/mol. The van der Waals surface area contributed by atoms with E-state index in [1.54, 1.807) is 24.4 Å². The maximum absolute atomic E-state index is 12.2. The highest BCUT2D eigenvalue weighted by molar-refractivity contribution is 5.48. The van der Waals surface area contributed by atoms with Crippen LogP contribution in [0, 0.1) is 0 Å². The van der Waals surface area contributed by atoms with Gasteiger partial charge in [0.25, 0.3) is 0 Å². The molecule has 4 rings (SSSR count). The molecule has 1 saturated carbocycles. The Morgan fingerprint density at radius 3 is 2.52 bits per heavy atom. The Bertz CT molecular complexity index is 915. The van der Waals surface area contributed by atoms with Crippen molar-refractivity contribution in [3.8, 4) is 11.6 Å². The lowest BCUT2D eigenvalue weighted by Crippen LogP contribution is -2.17. The van der Waals surface area contributed by atoms with Crippen LogP contribution in [0.1, 0.15) is 35.6 Å². The van der Waals surface area contributed by atoms with Gasteiger partial charge in [0, 0.05) is 24.0 Å². The third kappa shape index (κ3) is 3.24. The highest BCUT2D eigenvalue weighted by Gasteiger charge is 2.32. The Morgan fingerprint density at radius 2 is 1.88 bits per heavy atom. The van der Waals surface area contributed by atoms with Crippen molar-refractivity contribution in [2.45, 2.75) is 31.5 Å². The fourth-order valence-electron chi connectivity index (χ4n) is 2.85. The van der Waals surface area contributed by atoms with Crippen LogP contribution < -0.4 is 4.74 Å². The zero-order valence-electron chi connectivity index (χ0n) is 13.0. The SMILES string of the molecule is Oc1c(Cc2ccc(OC(F)(F)F)cc2)c(C2CC2)nc2ccnn12. The van der Waals surface area contributed by atoms with E-state index in [1.807, 2.05) is 0 Å². The summed E-state index contributed by atoms with van der Waals surface area (Å²) < 4.78 is 41.9. The van der Waals surface area contributed by atoms with E-state index in [4.69, 9.17) is 0 Å². The van der Waals surface area contributed by atoms with Crippen LogP contribution in [-0.4, -0.2) is 26.1 Å². The highest BCUT2D eigenvalue weighted by Crippen LogP contribution is 2.43. The third-order valence-electron chi connectivity index (χ3n) is 4.14. The molecule has 0 saturated heterocycles. The van der Waals surface area contributed by atoms with Gasteiger partial charge in [-0.2, -0.15) is 9.61 Å². The van der Waals surface area contributed by atoms with E-state index >= 15 is 0 Å². The summed E-state index contributed by atoms with van der Waals surface area (Å²) in [5, 5.41) is 14.6. The van der Waals surface area contributed by atoms with E-state index in [0.29, 0.717) is 23.5 Å². The predicted molar refractivity (Wildman–Crippen MR) is 82.6 cm³/mol. The standard InChI is InChI=1S/C17H14F3N3O2/c18-17(19,20)25-12-5-1-10(2-6-12)9-13-15(11-3-4-11)22-14-7-8-21-23(14)16(13)24/h1-2,5-8,11,24H,3-4,9H2. The molecule has 8 heteroatoms. The lowest BCUT2D eigenvalue weighted by Gasteiger charge is -2.13. The van der Waals surface area contributed by atoms with Gasteiger partial charge in [-0.05, 0) is 30.5 Å². The summed E-state index contributed by atoms with van der Waals surface area (Å²) >= 11 is 0. The molecule has 0 unspecified atom stereocenters. The number of halogens is 3. The molecular weight excluding hydrogens is 335 g/mol. The van der Waals surface area contributed by atoms with Crippen LogP contribution in [0.5, 0.6) is 11.6 Å². The second-order valence-corrected chi connectivity index (χ2v) is 6.04. The number of rotatable bonds is 4. The van der Waals surface area contributed by atoms with Gasteiger partial charge < -0.3 is 9.84 Å². The van der Waals surface area contributed by atoms with Crippen LogP contribution in [0.3, 0.4) is 0 Å². The summed E-state index contributed by atoms with van der Waals surface area (Å²) in [6, 6.07) is 7.33. The van der Waals surface area contributed by atoms with Gasteiger partial charge in [-0.25, -0.2) is 4.98 Å². The van der Waals surface area contributed by atoms with Crippen LogP contribution in [0.2, 0.25) is 0 Å². The lowest BCUT2D eigenvalue weighted by atomic mass is 10.0. The monoisotopic (exact) mass is 349 g/mol. The molecule has 0 amide bonds. The fraction of sp³-hybridized carbons (Fsp3) is 0.294. The van der Waals surface area contributed by atoms with Crippen molar-refractivity contribution >= 4 is 5.65 Å². The van der Waals surface area contributed by atoms with E-state index in [2.05, 4.69) is 14.8 Å². The van der Waals surface area contributed by atoms with E-state index in [1.165, 1.54) is 16.6 Å². The van der Waals surface area contributed by atoms with Crippen LogP contribution in [0.4, 0.5) is 13.2 Å². The summed E-state index contributed by atoms with van der Waals surface area (Å²) in [4.78, 5) is 4.59. The second-order valence-electron chi connectivity index (χ2n) is 6.04. The van der Waals surface area contributed by atoms with Gasteiger partial charge in [-0.1, -0.05) is 12.1 Å². The summed E-state index contributed by atoms with van der Waals surface area (Å²) in [5.74, 6) is 0.0599. The van der Waals surface area contributed by atoms with Crippen molar-refractivity contribution in [3.63, 3.8) is 0 Å². The Morgan fingerprint density at radius 1 is 1.16 bits per heavy atom. The minimum Gasteiger partial charge on any atom is -0.493 e. The lowest BCUT2D eigenvalue weighted by molar-refractivity contribution is -0.274. The van der Waals surface area contributed by atoms with Crippen LogP contribution in [0.15, 0.2) is 36.5 Å². The fourth-order valence-corrected chi connectivity index (χ4v) is 2.85. The molecule has 1 fully saturated rings. The number of aromatic hydroxyl groups is 1. The third-order valence-corrected chi connectivity index (χ3v) is 4.14. The number of hydrogen-bond donors (Lipinski definition) is 1. The van der Waals surface area contributed by atoms with Crippen LogP contribution in [0.25, 0.3) is 5.65 Å². The number of aromatic nitrogens is 3. The van der Waals surface area contributed by atoms with Crippen molar-refractivity contribution in [1.82, 2.24) is 14.6 Å². The first-order valence-corrected chi connectivity index (χ1v) is 7.81. The van der Waals surface area contributed by atoms with E-state index in [0.717, 1.165) is 24.1 Å². The number of hydrogen-bond acceptors (Lipinski definition) is 4. The Labute approximate surface area is 140 Å². The first-order valence-electron chi connectivity index (χ1n) is 7.81. The van der Waals surface area contributed by atoms with Gasteiger partial charge in [0.15, 0.2) is 5.65 Å². The number of ether oxygens (including phenoxy) is 1. The molecule has 0 radical (unpaired) electrons. The van der Waals surface area contributed by atoms with Gasteiger partial charge in [-0.3, -0.25) is 0 Å². The predicted octanol–water partition coefficient (Wildman–Crippen LogP) is 3.80. The molecule has 1 aromatic carbocycles. The van der Waals surface area contributed by atoms with Crippen molar-refractivity contribution < 1.29 is 23.0 Å². The number of nitrogens with zero attached hydrogens (tertiary/aromatic N) is 3. The maximum atomic E-state index is 12.2. The molecule has 0 aliphatic heterocycles. The normalized spacial score (nSPS) is 14.8. The zero-order valence-corrected chi connectivity index (χ0v) is 13.0. The van der Waals surface area contributed by atoms with Gasteiger partial charge in [0.1, 0.15) is 5.75 Å². The first-order chi connectivity index (χ1) is 11.9. The molecule has 2 aromatic heterocycles. The molecule has 0 atom stereocenters. The molecule has 0 spiro atoms. The first kappa shape index (κ1) is 15.7. The Hall–Kier alpha value is -2.77. The maximum Gasteiger partial charge on any atom is 0.573 e. The second kappa shape index (κ2) is 5.65. The highest BCUT2D eigenvalue weighted by atomic mass is 19.4. The quantitative estimate of drug-likeness (QED) is 0.778. The Kier molecular flexibility index (Phi) is 3.55. The Balaban J connectivity index is 1.66. The molecular formula is C17H14F3N3O2. The average Bonchev–Trinajstić information content (AvgIpc) is 3.28. The minimum absolute atomic E-state index is 0.0209. The molecule has 3 aromatic rings. The van der Waals surface area contributed by atoms with Crippen LogP contribution in [-0.2, 0) is 6.42 Å². The summed E-state index contributed by atoms with van der Waals surface area (Å²) in [5.41, 5.74) is 2.82. The van der Waals surface area contributed by atoms with Gasteiger partial charge >= 0.3 is 6.36 Å². The minimum atomic E-state index is -4.71. The number of alkyl halides is 3. The molecule has 1 aliphatic carbocycles. The topological polar surface area (TPSA) is 59.7 Å². The van der Waals surface area contributed by atoms with Crippen molar-refractivity contribution in [2.24, 2.45) is 0 Å². The smallest absolute Gasteiger partial charge is 0.493 e. The number of fused-ring (bicyclic) bond motifs is 1. The van der Waals surface area contributed by atoms with E-state index < -0.39 is 6.36 Å². The van der Waals surface area contributed by atoms with Gasteiger partial charge in [-0.15, -0.1) is 13.2 Å². The largest absolute Gasteiger partial charge is 0.573 e.